The van der Waals surface area contributed by atoms with Gasteiger partial charge in [0.25, 0.3) is 0 Å². The van der Waals surface area contributed by atoms with E-state index >= 15 is 0 Å². The summed E-state index contributed by atoms with van der Waals surface area (Å²) in [5, 5.41) is 0.424. The first-order valence-corrected chi connectivity index (χ1v) is 5.98. The van der Waals surface area contributed by atoms with Gasteiger partial charge in [0, 0.05) is 16.4 Å². The minimum Gasteiger partial charge on any atom is -0.399 e. The third kappa shape index (κ3) is 3.08. The van der Waals surface area contributed by atoms with Crippen molar-refractivity contribution >= 4 is 33.2 Å². The van der Waals surface area contributed by atoms with Gasteiger partial charge in [-0.2, -0.15) is 0 Å². The number of anilines is 1. The van der Waals surface area contributed by atoms with Crippen molar-refractivity contribution in [1.82, 2.24) is 9.55 Å². The fourth-order valence-electron chi connectivity index (χ4n) is 1.51. The highest BCUT2D eigenvalue weighted by Crippen LogP contribution is 2.17. The fraction of sp³-hybridized carbons (Fsp3) is 0.0909. The Hall–Kier alpha value is -1.33. The van der Waals surface area contributed by atoms with E-state index in [0.717, 1.165) is 10.0 Å². The summed E-state index contributed by atoms with van der Waals surface area (Å²) in [6.45, 7) is 0.385. The van der Waals surface area contributed by atoms with Crippen molar-refractivity contribution in [3.05, 3.63) is 56.1 Å². The Bertz CT molecular complexity index is 592. The number of benzene rings is 1. The lowest BCUT2D eigenvalue weighted by atomic mass is 10.2. The zero-order valence-electron chi connectivity index (χ0n) is 8.73. The van der Waals surface area contributed by atoms with E-state index in [4.69, 9.17) is 17.3 Å². The van der Waals surface area contributed by atoms with E-state index in [0.29, 0.717) is 17.3 Å². The summed E-state index contributed by atoms with van der Waals surface area (Å²) in [5.41, 5.74) is 6.92. The molecular weight excluding hydrogens is 305 g/mol. The summed E-state index contributed by atoms with van der Waals surface area (Å²) in [4.78, 5) is 15.1. The van der Waals surface area contributed by atoms with Crippen LogP contribution < -0.4 is 11.4 Å². The van der Waals surface area contributed by atoms with Gasteiger partial charge in [-0.05, 0) is 23.8 Å². The second-order valence-corrected chi connectivity index (χ2v) is 4.93. The lowest BCUT2D eigenvalue weighted by molar-refractivity contribution is 0.727. The standard InChI is InChI=1S/C11H9BrClN3O/c12-8-1-7(2-10(14)3-8)5-16-6-9(13)4-15-11(16)17/h1-4,6H,5,14H2. The molecule has 0 amide bonds. The molecular formula is C11H9BrClN3O. The third-order valence-corrected chi connectivity index (χ3v) is 2.81. The highest BCUT2D eigenvalue weighted by molar-refractivity contribution is 9.10. The van der Waals surface area contributed by atoms with E-state index in [1.807, 2.05) is 6.07 Å². The summed E-state index contributed by atoms with van der Waals surface area (Å²) in [5.74, 6) is 0. The highest BCUT2D eigenvalue weighted by Gasteiger charge is 2.02. The van der Waals surface area contributed by atoms with Crippen molar-refractivity contribution in [3.8, 4) is 0 Å². The van der Waals surface area contributed by atoms with Gasteiger partial charge in [-0.25, -0.2) is 9.78 Å². The van der Waals surface area contributed by atoms with Gasteiger partial charge in [-0.15, -0.1) is 0 Å². The number of hydrogen-bond donors (Lipinski definition) is 1. The lowest BCUT2D eigenvalue weighted by Gasteiger charge is -2.07. The zero-order valence-corrected chi connectivity index (χ0v) is 11.1. The van der Waals surface area contributed by atoms with Crippen LogP contribution in [-0.4, -0.2) is 9.55 Å². The van der Waals surface area contributed by atoms with Gasteiger partial charge in [-0.1, -0.05) is 27.5 Å². The summed E-state index contributed by atoms with van der Waals surface area (Å²) in [7, 11) is 0. The van der Waals surface area contributed by atoms with Gasteiger partial charge >= 0.3 is 5.69 Å². The van der Waals surface area contributed by atoms with Crippen molar-refractivity contribution in [2.75, 3.05) is 5.73 Å². The molecule has 0 bridgehead atoms. The van der Waals surface area contributed by atoms with Crippen molar-refractivity contribution < 1.29 is 0 Å². The quantitative estimate of drug-likeness (QED) is 0.865. The first kappa shape index (κ1) is 12.1. The number of nitrogens with zero attached hydrogens (tertiary/aromatic N) is 2. The van der Waals surface area contributed by atoms with Crippen molar-refractivity contribution in [2.45, 2.75) is 6.54 Å². The molecule has 0 saturated heterocycles. The summed E-state index contributed by atoms with van der Waals surface area (Å²) in [6, 6.07) is 5.49. The van der Waals surface area contributed by atoms with Crippen LogP contribution in [0, 0.1) is 0 Å². The second kappa shape index (κ2) is 4.89. The van der Waals surface area contributed by atoms with E-state index in [9.17, 15) is 4.79 Å². The maximum absolute atomic E-state index is 11.5. The van der Waals surface area contributed by atoms with Gasteiger partial charge in [0.2, 0.25) is 0 Å². The third-order valence-electron chi connectivity index (χ3n) is 2.16. The Morgan fingerprint density at radius 1 is 1.41 bits per heavy atom. The molecule has 2 rings (SSSR count). The van der Waals surface area contributed by atoms with Crippen LogP contribution in [0.3, 0.4) is 0 Å². The van der Waals surface area contributed by atoms with Crippen molar-refractivity contribution in [2.24, 2.45) is 0 Å². The van der Waals surface area contributed by atoms with Crippen LogP contribution in [0.5, 0.6) is 0 Å². The molecule has 0 aliphatic rings. The van der Waals surface area contributed by atoms with Crippen LogP contribution in [0.25, 0.3) is 0 Å². The first-order valence-electron chi connectivity index (χ1n) is 4.81. The topological polar surface area (TPSA) is 60.9 Å². The van der Waals surface area contributed by atoms with Gasteiger partial charge in [-0.3, -0.25) is 4.57 Å². The maximum atomic E-state index is 11.5. The van der Waals surface area contributed by atoms with Gasteiger partial charge < -0.3 is 5.73 Å². The molecule has 0 fully saturated rings. The number of halogens is 2. The first-order chi connectivity index (χ1) is 8.04. The average Bonchev–Trinajstić information content (AvgIpc) is 2.22. The number of rotatable bonds is 2. The molecule has 2 N–H and O–H groups in total. The zero-order chi connectivity index (χ0) is 12.4. The lowest BCUT2D eigenvalue weighted by Crippen LogP contribution is -2.22. The largest absolute Gasteiger partial charge is 0.399 e. The molecule has 17 heavy (non-hydrogen) atoms. The molecule has 0 spiro atoms. The molecule has 0 unspecified atom stereocenters. The molecule has 0 aliphatic carbocycles. The molecule has 0 radical (unpaired) electrons. The Labute approximate surface area is 111 Å². The number of nitrogen functional groups attached to an aromatic ring is 1. The summed E-state index contributed by atoms with van der Waals surface area (Å²) < 4.78 is 2.30. The smallest absolute Gasteiger partial charge is 0.347 e. The Morgan fingerprint density at radius 3 is 2.88 bits per heavy atom. The maximum Gasteiger partial charge on any atom is 0.347 e. The van der Waals surface area contributed by atoms with Crippen LogP contribution in [-0.2, 0) is 6.54 Å². The normalized spacial score (nSPS) is 10.5. The van der Waals surface area contributed by atoms with E-state index in [2.05, 4.69) is 20.9 Å². The molecule has 1 heterocycles. The number of hydrogen-bond acceptors (Lipinski definition) is 3. The SMILES string of the molecule is Nc1cc(Br)cc(Cn2cc(Cl)cnc2=O)c1. The fourth-order valence-corrected chi connectivity index (χ4v) is 2.23. The van der Waals surface area contributed by atoms with E-state index in [1.54, 1.807) is 18.3 Å². The summed E-state index contributed by atoms with van der Waals surface area (Å²) in [6.07, 6.45) is 2.88. The predicted octanol–water partition coefficient (Wildman–Crippen LogP) is 2.29. The molecule has 1 aromatic heterocycles. The Balaban J connectivity index is 2.37. The number of aromatic nitrogens is 2. The second-order valence-electron chi connectivity index (χ2n) is 3.58. The molecule has 0 aliphatic heterocycles. The molecule has 2 aromatic rings. The van der Waals surface area contributed by atoms with Crippen molar-refractivity contribution in [3.63, 3.8) is 0 Å². The summed E-state index contributed by atoms with van der Waals surface area (Å²) >= 11 is 9.14. The monoisotopic (exact) mass is 313 g/mol. The minimum atomic E-state index is -0.340. The molecule has 6 heteroatoms. The average molecular weight is 315 g/mol. The minimum absolute atomic E-state index is 0.340. The Kier molecular flexibility index (Phi) is 3.49. The van der Waals surface area contributed by atoms with Crippen LogP contribution in [0.2, 0.25) is 5.02 Å². The van der Waals surface area contributed by atoms with E-state index < -0.39 is 0 Å². The van der Waals surface area contributed by atoms with Crippen LogP contribution in [0.4, 0.5) is 5.69 Å². The Morgan fingerprint density at radius 2 is 2.18 bits per heavy atom. The van der Waals surface area contributed by atoms with Crippen LogP contribution in [0.1, 0.15) is 5.56 Å². The number of nitrogens with two attached hydrogens (primary N) is 1. The van der Waals surface area contributed by atoms with Crippen LogP contribution in [0.15, 0.2) is 39.9 Å². The van der Waals surface area contributed by atoms with Crippen molar-refractivity contribution in [1.29, 1.82) is 0 Å². The van der Waals surface area contributed by atoms with Gasteiger partial charge in [0.05, 0.1) is 17.8 Å². The molecule has 4 nitrogen and oxygen atoms in total. The molecule has 0 saturated carbocycles. The predicted molar refractivity (Wildman–Crippen MR) is 71.2 cm³/mol. The van der Waals surface area contributed by atoms with E-state index in [-0.39, 0.29) is 5.69 Å². The van der Waals surface area contributed by atoms with Gasteiger partial charge in [0.15, 0.2) is 0 Å². The van der Waals surface area contributed by atoms with E-state index in [1.165, 1.54) is 10.8 Å². The van der Waals surface area contributed by atoms with Gasteiger partial charge in [0.1, 0.15) is 0 Å². The molecule has 88 valence electrons. The molecule has 1 aromatic carbocycles. The molecule has 0 atom stereocenters. The van der Waals surface area contributed by atoms with Crippen LogP contribution >= 0.6 is 27.5 Å². The highest BCUT2D eigenvalue weighted by atomic mass is 79.9.